The number of aryl methyl sites for hydroxylation is 2. The van der Waals surface area contributed by atoms with Crippen LogP contribution in [0.2, 0.25) is 0 Å². The van der Waals surface area contributed by atoms with Crippen LogP contribution in [0.3, 0.4) is 0 Å². The molecular weight excluding hydrogens is 246 g/mol. The Bertz CT molecular complexity index is 582. The minimum atomic E-state index is -0.0620. The molecule has 0 N–H and O–H groups in total. The van der Waals surface area contributed by atoms with E-state index in [4.69, 9.17) is 0 Å². The van der Waals surface area contributed by atoms with E-state index in [-0.39, 0.29) is 5.78 Å². The predicted molar refractivity (Wildman–Crippen MR) is 72.9 cm³/mol. The van der Waals surface area contributed by atoms with Crippen LogP contribution in [0.15, 0.2) is 17.7 Å². The summed E-state index contributed by atoms with van der Waals surface area (Å²) in [6.45, 7) is 6.85. The normalized spacial score (nSPS) is 11.3. The molecule has 0 unspecified atom stereocenters. The van der Waals surface area contributed by atoms with Gasteiger partial charge in [-0.2, -0.15) is 5.10 Å². The van der Waals surface area contributed by atoms with E-state index in [1.54, 1.807) is 17.7 Å². The molecule has 5 heteroatoms. The zero-order chi connectivity index (χ0) is 13.1. The number of thiazole rings is 1. The number of carbonyl (C=O) groups excluding carboxylic acids is 1. The lowest BCUT2D eigenvalue weighted by atomic mass is 10.1. The van der Waals surface area contributed by atoms with Crippen molar-refractivity contribution in [2.75, 3.05) is 0 Å². The summed E-state index contributed by atoms with van der Waals surface area (Å²) in [5.74, 6) is -0.0620. The van der Waals surface area contributed by atoms with Crippen molar-refractivity contribution in [2.24, 2.45) is 0 Å². The van der Waals surface area contributed by atoms with Gasteiger partial charge in [0.05, 0.1) is 5.69 Å². The van der Waals surface area contributed by atoms with E-state index < -0.39 is 0 Å². The van der Waals surface area contributed by atoms with E-state index in [9.17, 15) is 4.79 Å². The lowest BCUT2D eigenvalue weighted by Crippen LogP contribution is -1.98. The van der Waals surface area contributed by atoms with Gasteiger partial charge in [0.25, 0.3) is 0 Å². The van der Waals surface area contributed by atoms with Gasteiger partial charge in [0.2, 0.25) is 5.78 Å². The third-order valence-electron chi connectivity index (χ3n) is 2.78. The van der Waals surface area contributed by atoms with Gasteiger partial charge >= 0.3 is 0 Å². The first-order valence-corrected chi connectivity index (χ1v) is 6.67. The van der Waals surface area contributed by atoms with Crippen LogP contribution in [0.4, 0.5) is 0 Å². The largest absolute Gasteiger partial charge is 0.287 e. The molecule has 0 fully saturated rings. The summed E-state index contributed by atoms with van der Waals surface area (Å²) in [6.07, 6.45) is 5.03. The molecule has 2 heterocycles. The van der Waals surface area contributed by atoms with Crippen LogP contribution in [0.1, 0.15) is 33.7 Å². The molecular formula is C13H15N3OS. The molecule has 0 aliphatic carbocycles. The number of nitrogens with zero attached hydrogens (tertiary/aromatic N) is 3. The molecule has 2 aromatic rings. The third-order valence-corrected chi connectivity index (χ3v) is 3.57. The molecule has 0 aliphatic rings. The fraction of sp³-hybridized carbons (Fsp3) is 0.308. The van der Waals surface area contributed by atoms with Gasteiger partial charge in [-0.15, -0.1) is 11.3 Å². The highest BCUT2D eigenvalue weighted by Crippen LogP contribution is 2.15. The Labute approximate surface area is 110 Å². The van der Waals surface area contributed by atoms with Crippen molar-refractivity contribution in [2.45, 2.75) is 27.3 Å². The van der Waals surface area contributed by atoms with Gasteiger partial charge in [0.1, 0.15) is 0 Å². The second-order valence-electron chi connectivity index (χ2n) is 3.94. The number of carbonyl (C=O) groups is 1. The Kier molecular flexibility index (Phi) is 3.72. The molecule has 0 aromatic carbocycles. The first kappa shape index (κ1) is 12.7. The van der Waals surface area contributed by atoms with Crippen LogP contribution in [-0.4, -0.2) is 20.5 Å². The van der Waals surface area contributed by atoms with Gasteiger partial charge in [-0.3, -0.25) is 9.48 Å². The van der Waals surface area contributed by atoms with Crippen molar-refractivity contribution in [3.63, 3.8) is 0 Å². The number of ketones is 1. The molecule has 0 saturated carbocycles. The number of hydrogen-bond acceptors (Lipinski definition) is 4. The third kappa shape index (κ3) is 2.41. The minimum Gasteiger partial charge on any atom is -0.287 e. The topological polar surface area (TPSA) is 47.8 Å². The van der Waals surface area contributed by atoms with Crippen LogP contribution < -0.4 is 0 Å². The maximum Gasteiger partial charge on any atom is 0.214 e. The van der Waals surface area contributed by atoms with E-state index in [0.717, 1.165) is 23.5 Å². The van der Waals surface area contributed by atoms with Crippen molar-refractivity contribution >= 4 is 23.2 Å². The van der Waals surface area contributed by atoms with Gasteiger partial charge in [0, 0.05) is 29.4 Å². The molecule has 0 bridgehead atoms. The number of allylic oxidation sites excluding steroid dienone is 1. The average Bonchev–Trinajstić information content (AvgIpc) is 2.96. The van der Waals surface area contributed by atoms with Gasteiger partial charge in [-0.05, 0) is 32.9 Å². The van der Waals surface area contributed by atoms with Crippen LogP contribution in [-0.2, 0) is 6.54 Å². The van der Waals surface area contributed by atoms with E-state index >= 15 is 0 Å². The molecule has 0 spiro atoms. The predicted octanol–water partition coefficient (Wildman–Crippen LogP) is 2.87. The Balaban J connectivity index is 2.24. The summed E-state index contributed by atoms with van der Waals surface area (Å²) < 4.78 is 1.93. The molecule has 0 amide bonds. The van der Waals surface area contributed by atoms with Crippen molar-refractivity contribution in [3.05, 3.63) is 39.6 Å². The lowest BCUT2D eigenvalue weighted by molar-refractivity contribution is 0.104. The van der Waals surface area contributed by atoms with E-state index in [1.165, 1.54) is 11.3 Å². The van der Waals surface area contributed by atoms with Crippen molar-refractivity contribution in [3.8, 4) is 0 Å². The van der Waals surface area contributed by atoms with E-state index in [0.29, 0.717) is 5.01 Å². The molecule has 0 radical (unpaired) electrons. The van der Waals surface area contributed by atoms with Gasteiger partial charge in [-0.25, -0.2) is 4.98 Å². The molecule has 0 saturated heterocycles. The van der Waals surface area contributed by atoms with Crippen molar-refractivity contribution in [1.29, 1.82) is 0 Å². The number of aromatic nitrogens is 3. The summed E-state index contributed by atoms with van der Waals surface area (Å²) in [5.41, 5.74) is 3.04. The number of hydrogen-bond donors (Lipinski definition) is 0. The second-order valence-corrected chi connectivity index (χ2v) is 4.83. The summed E-state index contributed by atoms with van der Waals surface area (Å²) in [7, 11) is 0. The van der Waals surface area contributed by atoms with Crippen molar-refractivity contribution < 1.29 is 4.79 Å². The molecule has 0 atom stereocenters. The highest BCUT2D eigenvalue weighted by molar-refractivity contribution is 7.11. The molecule has 4 nitrogen and oxygen atoms in total. The minimum absolute atomic E-state index is 0.0620. The van der Waals surface area contributed by atoms with Gasteiger partial charge in [-0.1, -0.05) is 0 Å². The lowest BCUT2D eigenvalue weighted by Gasteiger charge is -1.98. The Morgan fingerprint density at radius 1 is 1.50 bits per heavy atom. The standard InChI is InChI=1S/C13H15N3OS/c1-4-16-10(3)11(9(2)15-16)5-6-12(17)13-14-7-8-18-13/h5-8H,4H2,1-3H3. The summed E-state index contributed by atoms with van der Waals surface area (Å²) >= 11 is 1.35. The molecule has 0 aliphatic heterocycles. The smallest absolute Gasteiger partial charge is 0.214 e. The van der Waals surface area contributed by atoms with Crippen molar-refractivity contribution in [1.82, 2.24) is 14.8 Å². The van der Waals surface area contributed by atoms with Crippen LogP contribution in [0, 0.1) is 13.8 Å². The van der Waals surface area contributed by atoms with Gasteiger partial charge in [0.15, 0.2) is 5.01 Å². The Morgan fingerprint density at radius 3 is 2.83 bits per heavy atom. The molecule has 94 valence electrons. The Hall–Kier alpha value is -1.75. The maximum absolute atomic E-state index is 11.8. The maximum atomic E-state index is 11.8. The van der Waals surface area contributed by atoms with E-state index in [1.807, 2.05) is 31.5 Å². The SMILES string of the molecule is CCn1nc(C)c(C=CC(=O)c2nccs2)c1C. The molecule has 18 heavy (non-hydrogen) atoms. The fourth-order valence-electron chi connectivity index (χ4n) is 1.84. The van der Waals surface area contributed by atoms with Crippen LogP contribution in [0.25, 0.3) is 6.08 Å². The quantitative estimate of drug-likeness (QED) is 0.628. The van der Waals surface area contributed by atoms with Crippen LogP contribution in [0.5, 0.6) is 0 Å². The first-order chi connectivity index (χ1) is 8.63. The number of rotatable bonds is 4. The highest BCUT2D eigenvalue weighted by atomic mass is 32.1. The highest BCUT2D eigenvalue weighted by Gasteiger charge is 2.09. The summed E-state index contributed by atoms with van der Waals surface area (Å²) in [6, 6.07) is 0. The van der Waals surface area contributed by atoms with Crippen LogP contribution >= 0.6 is 11.3 Å². The Morgan fingerprint density at radius 2 is 2.28 bits per heavy atom. The second kappa shape index (κ2) is 5.27. The average molecular weight is 261 g/mol. The monoisotopic (exact) mass is 261 g/mol. The van der Waals surface area contributed by atoms with E-state index in [2.05, 4.69) is 10.1 Å². The first-order valence-electron chi connectivity index (χ1n) is 5.79. The summed E-state index contributed by atoms with van der Waals surface area (Å²) in [4.78, 5) is 15.8. The summed E-state index contributed by atoms with van der Waals surface area (Å²) in [5, 5.41) is 6.73. The zero-order valence-electron chi connectivity index (χ0n) is 10.7. The molecule has 2 rings (SSSR count). The van der Waals surface area contributed by atoms with Gasteiger partial charge < -0.3 is 0 Å². The fourth-order valence-corrected chi connectivity index (χ4v) is 2.39. The zero-order valence-corrected chi connectivity index (χ0v) is 11.5. The molecule has 2 aromatic heterocycles.